The van der Waals surface area contributed by atoms with Crippen molar-refractivity contribution < 1.29 is 8.42 Å². The third kappa shape index (κ3) is 4.42. The highest BCUT2D eigenvalue weighted by molar-refractivity contribution is 7.99. The van der Waals surface area contributed by atoms with Gasteiger partial charge in [-0.15, -0.1) is 0 Å². The second-order valence-corrected chi connectivity index (χ2v) is 8.55. The van der Waals surface area contributed by atoms with Crippen LogP contribution in [0.5, 0.6) is 0 Å². The summed E-state index contributed by atoms with van der Waals surface area (Å²) in [4.78, 5) is 4.12. The van der Waals surface area contributed by atoms with Crippen LogP contribution in [0.2, 0.25) is 0 Å². The fraction of sp³-hybridized carbons (Fsp3) is 0.643. The van der Waals surface area contributed by atoms with Crippen LogP contribution in [0.4, 0.5) is 0 Å². The number of thioether (sulfide) groups is 1. The highest BCUT2D eigenvalue weighted by atomic mass is 32.2. The van der Waals surface area contributed by atoms with Gasteiger partial charge in [-0.1, -0.05) is 6.07 Å². The van der Waals surface area contributed by atoms with Crippen LogP contribution in [-0.2, 0) is 16.6 Å². The Kier molecular flexibility index (Phi) is 4.83. The molecule has 1 saturated heterocycles. The first-order chi connectivity index (χ1) is 10.1. The predicted octanol–water partition coefficient (Wildman–Crippen LogP) is 1.51. The molecule has 1 saturated carbocycles. The second-order valence-electron chi connectivity index (χ2n) is 5.67. The number of nitrogens with zero attached hydrogens (tertiary/aromatic N) is 1. The Morgan fingerprint density at radius 1 is 1.14 bits per heavy atom. The van der Waals surface area contributed by atoms with Gasteiger partial charge in [-0.2, -0.15) is 11.8 Å². The average Bonchev–Trinajstić information content (AvgIpc) is 3.30. The minimum absolute atomic E-state index is 0.0502. The topological polar surface area (TPSA) is 71.1 Å². The highest BCUT2D eigenvalue weighted by Gasteiger charge is 2.23. The lowest BCUT2D eigenvalue weighted by molar-refractivity contribution is 0.526. The lowest BCUT2D eigenvalue weighted by Crippen LogP contribution is -2.37. The van der Waals surface area contributed by atoms with Gasteiger partial charge < -0.3 is 5.32 Å². The fourth-order valence-electron chi connectivity index (χ4n) is 2.32. The van der Waals surface area contributed by atoms with Crippen molar-refractivity contribution in [2.45, 2.75) is 49.3 Å². The van der Waals surface area contributed by atoms with E-state index in [4.69, 9.17) is 0 Å². The van der Waals surface area contributed by atoms with E-state index >= 15 is 0 Å². The molecule has 1 aromatic heterocycles. The van der Waals surface area contributed by atoms with Gasteiger partial charge in [0, 0.05) is 24.8 Å². The van der Waals surface area contributed by atoms with E-state index in [1.54, 1.807) is 12.3 Å². The second kappa shape index (κ2) is 6.64. The van der Waals surface area contributed by atoms with Gasteiger partial charge >= 0.3 is 0 Å². The highest BCUT2D eigenvalue weighted by Crippen LogP contribution is 2.20. The summed E-state index contributed by atoms with van der Waals surface area (Å²) in [5.74, 6) is 2.04. The van der Waals surface area contributed by atoms with Crippen molar-refractivity contribution in [3.05, 3.63) is 23.9 Å². The molecule has 0 unspecified atom stereocenters. The predicted molar refractivity (Wildman–Crippen MR) is 84.8 cm³/mol. The van der Waals surface area contributed by atoms with Crippen LogP contribution in [0.25, 0.3) is 0 Å². The Hall–Kier alpha value is -0.630. The third-order valence-electron chi connectivity index (χ3n) is 3.79. The molecule has 5 nitrogen and oxygen atoms in total. The average molecular weight is 327 g/mol. The summed E-state index contributed by atoms with van der Waals surface area (Å²) in [5.41, 5.74) is 1.02. The SMILES string of the molecule is O=S(=O)(NC1CCSCC1)c1ccc(CNC2CC2)cn1. The lowest BCUT2D eigenvalue weighted by atomic mass is 10.2. The van der Waals surface area contributed by atoms with Gasteiger partial charge in [0.1, 0.15) is 0 Å². The number of rotatable bonds is 6. The van der Waals surface area contributed by atoms with Crippen molar-refractivity contribution in [3.63, 3.8) is 0 Å². The summed E-state index contributed by atoms with van der Waals surface area (Å²) in [6.07, 6.45) is 5.92. The van der Waals surface area contributed by atoms with Gasteiger partial charge in [0.2, 0.25) is 0 Å². The van der Waals surface area contributed by atoms with Gasteiger partial charge in [0.25, 0.3) is 10.0 Å². The quantitative estimate of drug-likeness (QED) is 0.829. The van der Waals surface area contributed by atoms with Crippen LogP contribution < -0.4 is 10.0 Å². The smallest absolute Gasteiger partial charge is 0.258 e. The van der Waals surface area contributed by atoms with Crippen LogP contribution >= 0.6 is 11.8 Å². The molecule has 0 radical (unpaired) electrons. The van der Waals surface area contributed by atoms with E-state index in [1.165, 1.54) is 12.8 Å². The molecule has 1 aromatic rings. The minimum atomic E-state index is -3.49. The van der Waals surface area contributed by atoms with Gasteiger partial charge in [-0.05, 0) is 48.8 Å². The Bertz CT molecular complexity index is 564. The van der Waals surface area contributed by atoms with E-state index in [1.807, 2.05) is 17.8 Å². The van der Waals surface area contributed by atoms with Crippen LogP contribution in [0.15, 0.2) is 23.4 Å². The zero-order chi connectivity index (χ0) is 14.7. The molecule has 2 fully saturated rings. The molecule has 21 heavy (non-hydrogen) atoms. The van der Waals surface area contributed by atoms with Crippen molar-refractivity contribution in [1.29, 1.82) is 0 Å². The van der Waals surface area contributed by atoms with Gasteiger partial charge in [-0.25, -0.2) is 18.1 Å². The molecule has 0 spiro atoms. The zero-order valence-electron chi connectivity index (χ0n) is 11.9. The first kappa shape index (κ1) is 15.3. The number of nitrogens with one attached hydrogen (secondary N) is 2. The molecule has 116 valence electrons. The maximum absolute atomic E-state index is 12.3. The first-order valence-electron chi connectivity index (χ1n) is 7.42. The molecule has 0 amide bonds. The van der Waals surface area contributed by atoms with E-state index in [-0.39, 0.29) is 11.1 Å². The van der Waals surface area contributed by atoms with Gasteiger partial charge in [0.15, 0.2) is 5.03 Å². The molecule has 1 aliphatic carbocycles. The fourth-order valence-corrected chi connectivity index (χ4v) is 4.66. The Morgan fingerprint density at radius 2 is 1.90 bits per heavy atom. The molecule has 2 N–H and O–H groups in total. The summed E-state index contributed by atoms with van der Waals surface area (Å²) < 4.78 is 27.4. The molecule has 7 heteroatoms. The van der Waals surface area contributed by atoms with Crippen molar-refractivity contribution in [2.24, 2.45) is 0 Å². The summed E-state index contributed by atoms with van der Waals surface area (Å²) >= 11 is 1.88. The maximum Gasteiger partial charge on any atom is 0.258 e. The largest absolute Gasteiger partial charge is 0.310 e. The summed E-state index contributed by atoms with van der Waals surface area (Å²) in [6.45, 7) is 0.755. The van der Waals surface area contributed by atoms with Crippen molar-refractivity contribution in [1.82, 2.24) is 15.0 Å². The lowest BCUT2D eigenvalue weighted by Gasteiger charge is -2.22. The molecule has 0 aromatic carbocycles. The van der Waals surface area contributed by atoms with Crippen LogP contribution in [-0.4, -0.2) is 37.0 Å². The molecule has 2 heterocycles. The normalized spacial score (nSPS) is 20.6. The number of hydrogen-bond donors (Lipinski definition) is 2. The summed E-state index contributed by atoms with van der Waals surface area (Å²) in [5, 5.41) is 3.51. The molecule has 0 atom stereocenters. The van der Waals surface area contributed by atoms with Crippen molar-refractivity contribution in [2.75, 3.05) is 11.5 Å². The van der Waals surface area contributed by atoms with E-state index in [0.29, 0.717) is 6.04 Å². The van der Waals surface area contributed by atoms with Crippen LogP contribution in [0, 0.1) is 0 Å². The summed E-state index contributed by atoms with van der Waals surface area (Å²) in [6, 6.07) is 4.13. The molecular weight excluding hydrogens is 306 g/mol. The van der Waals surface area contributed by atoms with E-state index in [0.717, 1.165) is 36.5 Å². The van der Waals surface area contributed by atoms with Crippen LogP contribution in [0.1, 0.15) is 31.2 Å². The third-order valence-corrected chi connectivity index (χ3v) is 6.27. The van der Waals surface area contributed by atoms with Crippen molar-refractivity contribution in [3.8, 4) is 0 Å². The Morgan fingerprint density at radius 3 is 2.52 bits per heavy atom. The monoisotopic (exact) mass is 327 g/mol. The van der Waals surface area contributed by atoms with Gasteiger partial charge in [-0.3, -0.25) is 0 Å². The van der Waals surface area contributed by atoms with E-state index in [9.17, 15) is 8.42 Å². The maximum atomic E-state index is 12.3. The number of sulfonamides is 1. The van der Waals surface area contributed by atoms with E-state index < -0.39 is 10.0 Å². The van der Waals surface area contributed by atoms with Crippen LogP contribution in [0.3, 0.4) is 0 Å². The minimum Gasteiger partial charge on any atom is -0.310 e. The molecule has 1 aliphatic heterocycles. The summed E-state index contributed by atoms with van der Waals surface area (Å²) in [7, 11) is -3.49. The molecule has 2 aliphatic rings. The van der Waals surface area contributed by atoms with Crippen molar-refractivity contribution >= 4 is 21.8 Å². The standard InChI is InChI=1S/C14H21N3O2S2/c18-21(19,17-13-5-7-20-8-6-13)14-4-1-11(10-16-14)9-15-12-2-3-12/h1,4,10,12-13,15,17H,2-3,5-9H2. The first-order valence-corrected chi connectivity index (χ1v) is 10.1. The zero-order valence-corrected chi connectivity index (χ0v) is 13.5. The number of pyridine rings is 1. The Balaban J connectivity index is 1.60. The van der Waals surface area contributed by atoms with E-state index in [2.05, 4.69) is 15.0 Å². The number of hydrogen-bond acceptors (Lipinski definition) is 5. The number of aromatic nitrogens is 1. The molecule has 3 rings (SSSR count). The Labute approximate surface area is 130 Å². The molecule has 0 bridgehead atoms. The van der Waals surface area contributed by atoms with Gasteiger partial charge in [0.05, 0.1) is 0 Å². The molecular formula is C14H21N3O2S2.